The van der Waals surface area contributed by atoms with Crippen molar-refractivity contribution in [1.29, 1.82) is 0 Å². The van der Waals surface area contributed by atoms with E-state index in [1.807, 2.05) is 12.1 Å². The summed E-state index contributed by atoms with van der Waals surface area (Å²) in [5, 5.41) is 8.02. The van der Waals surface area contributed by atoms with Gasteiger partial charge in [-0.25, -0.2) is 0 Å². The van der Waals surface area contributed by atoms with E-state index >= 15 is 0 Å². The Bertz CT molecular complexity index is 686. The molecule has 0 saturated carbocycles. The smallest absolute Gasteiger partial charge is 0.0663 e. The first-order valence-electron chi connectivity index (χ1n) is 5.69. The Morgan fingerprint density at radius 2 is 1.94 bits per heavy atom. The summed E-state index contributed by atoms with van der Waals surface area (Å²) in [6.07, 6.45) is 1.78. The Morgan fingerprint density at radius 3 is 2.72 bits per heavy atom. The second-order valence-corrected chi connectivity index (χ2v) is 5.38. The molecule has 0 amide bonds. The highest BCUT2D eigenvalue weighted by atomic mass is 32.2. The van der Waals surface area contributed by atoms with Gasteiger partial charge in [-0.05, 0) is 31.2 Å². The van der Waals surface area contributed by atoms with Crippen molar-refractivity contribution in [2.45, 2.75) is 16.7 Å². The molecule has 18 heavy (non-hydrogen) atoms. The van der Waals surface area contributed by atoms with Crippen molar-refractivity contribution in [2.24, 2.45) is 0 Å². The van der Waals surface area contributed by atoms with Crippen LogP contribution < -0.4 is 5.73 Å². The molecule has 0 aliphatic carbocycles. The van der Waals surface area contributed by atoms with E-state index in [1.165, 1.54) is 10.5 Å². The second-order valence-electron chi connectivity index (χ2n) is 4.26. The highest BCUT2D eigenvalue weighted by Crippen LogP contribution is 2.34. The van der Waals surface area contributed by atoms with Gasteiger partial charge in [0.2, 0.25) is 0 Å². The lowest BCUT2D eigenvalue weighted by Gasteiger charge is -2.06. The van der Waals surface area contributed by atoms with Crippen LogP contribution in [-0.4, -0.2) is 10.2 Å². The molecule has 0 spiro atoms. The molecule has 4 heteroatoms. The van der Waals surface area contributed by atoms with Crippen molar-refractivity contribution in [3.05, 3.63) is 48.2 Å². The molecule has 2 aromatic carbocycles. The monoisotopic (exact) mass is 255 g/mol. The van der Waals surface area contributed by atoms with Crippen molar-refractivity contribution in [2.75, 3.05) is 5.73 Å². The number of benzene rings is 2. The van der Waals surface area contributed by atoms with E-state index in [0.717, 1.165) is 21.5 Å². The van der Waals surface area contributed by atoms with Crippen LogP contribution >= 0.6 is 11.8 Å². The van der Waals surface area contributed by atoms with Crippen LogP contribution in [0.15, 0.2) is 52.4 Å². The van der Waals surface area contributed by atoms with Crippen molar-refractivity contribution >= 4 is 28.4 Å². The van der Waals surface area contributed by atoms with Gasteiger partial charge >= 0.3 is 0 Å². The average Bonchev–Trinajstić information content (AvgIpc) is 2.79. The van der Waals surface area contributed by atoms with E-state index in [2.05, 4.69) is 41.4 Å². The van der Waals surface area contributed by atoms with Gasteiger partial charge in [0.1, 0.15) is 0 Å². The number of hydrogen-bond acceptors (Lipinski definition) is 3. The fraction of sp³-hybridized carbons (Fsp3) is 0.0714. The molecule has 0 bridgehead atoms. The molecule has 0 atom stereocenters. The largest absolute Gasteiger partial charge is 0.398 e. The van der Waals surface area contributed by atoms with Crippen LogP contribution in [0, 0.1) is 6.92 Å². The SMILES string of the molecule is Cc1ccc(Sc2cc3[nH]ncc3cc2N)cc1. The molecule has 1 heterocycles. The maximum absolute atomic E-state index is 6.06. The lowest BCUT2D eigenvalue weighted by molar-refractivity contribution is 1.12. The van der Waals surface area contributed by atoms with E-state index in [-0.39, 0.29) is 0 Å². The Kier molecular flexibility index (Phi) is 2.72. The van der Waals surface area contributed by atoms with Crippen molar-refractivity contribution in [3.63, 3.8) is 0 Å². The summed E-state index contributed by atoms with van der Waals surface area (Å²) in [5.41, 5.74) is 9.12. The summed E-state index contributed by atoms with van der Waals surface area (Å²) in [6, 6.07) is 12.4. The van der Waals surface area contributed by atoms with Gasteiger partial charge < -0.3 is 5.73 Å². The van der Waals surface area contributed by atoms with Crippen LogP contribution in [-0.2, 0) is 0 Å². The van der Waals surface area contributed by atoms with Crippen LogP contribution in [0.4, 0.5) is 5.69 Å². The molecule has 3 aromatic rings. The van der Waals surface area contributed by atoms with Gasteiger partial charge in [0, 0.05) is 20.9 Å². The maximum Gasteiger partial charge on any atom is 0.0663 e. The first kappa shape index (κ1) is 11.2. The molecular weight excluding hydrogens is 242 g/mol. The van der Waals surface area contributed by atoms with Gasteiger partial charge in [-0.15, -0.1) is 0 Å². The molecule has 0 fully saturated rings. The summed E-state index contributed by atoms with van der Waals surface area (Å²) >= 11 is 1.67. The Hall–Kier alpha value is -1.94. The lowest BCUT2D eigenvalue weighted by Crippen LogP contribution is -1.88. The first-order valence-corrected chi connectivity index (χ1v) is 6.51. The number of nitrogens with two attached hydrogens (primary N) is 1. The summed E-state index contributed by atoms with van der Waals surface area (Å²) in [6.45, 7) is 2.08. The van der Waals surface area contributed by atoms with Crippen LogP contribution in [0.2, 0.25) is 0 Å². The maximum atomic E-state index is 6.06. The minimum Gasteiger partial charge on any atom is -0.398 e. The number of hydrogen-bond donors (Lipinski definition) is 2. The predicted molar refractivity (Wildman–Crippen MR) is 75.8 cm³/mol. The molecule has 0 unspecified atom stereocenters. The lowest BCUT2D eigenvalue weighted by atomic mass is 10.2. The number of aromatic amines is 1. The molecule has 90 valence electrons. The van der Waals surface area contributed by atoms with E-state index in [1.54, 1.807) is 18.0 Å². The first-order chi connectivity index (χ1) is 8.72. The summed E-state index contributed by atoms with van der Waals surface area (Å²) in [5.74, 6) is 0. The summed E-state index contributed by atoms with van der Waals surface area (Å²) in [4.78, 5) is 2.24. The van der Waals surface area contributed by atoms with Gasteiger partial charge in [-0.2, -0.15) is 5.10 Å². The van der Waals surface area contributed by atoms with E-state index in [9.17, 15) is 0 Å². The fourth-order valence-corrected chi connectivity index (χ4v) is 2.69. The molecule has 1 aromatic heterocycles. The van der Waals surface area contributed by atoms with Crippen molar-refractivity contribution in [3.8, 4) is 0 Å². The van der Waals surface area contributed by atoms with Crippen molar-refractivity contribution in [1.82, 2.24) is 10.2 Å². The number of nitrogen functional groups attached to an aromatic ring is 1. The third kappa shape index (κ3) is 2.07. The quantitative estimate of drug-likeness (QED) is 0.688. The zero-order valence-electron chi connectivity index (χ0n) is 9.97. The molecule has 0 radical (unpaired) electrons. The number of nitrogens with zero attached hydrogens (tertiary/aromatic N) is 1. The zero-order valence-corrected chi connectivity index (χ0v) is 10.8. The van der Waals surface area contributed by atoms with E-state index in [0.29, 0.717) is 0 Å². The zero-order chi connectivity index (χ0) is 12.5. The number of anilines is 1. The number of fused-ring (bicyclic) bond motifs is 1. The normalized spacial score (nSPS) is 10.9. The van der Waals surface area contributed by atoms with Gasteiger partial charge in [-0.1, -0.05) is 29.5 Å². The molecule has 3 rings (SSSR count). The average molecular weight is 255 g/mol. The minimum absolute atomic E-state index is 0.787. The molecule has 3 nitrogen and oxygen atoms in total. The van der Waals surface area contributed by atoms with Gasteiger partial charge in [0.05, 0.1) is 11.7 Å². The van der Waals surface area contributed by atoms with Gasteiger partial charge in [0.15, 0.2) is 0 Å². The Morgan fingerprint density at radius 1 is 1.17 bits per heavy atom. The highest BCUT2D eigenvalue weighted by Gasteiger charge is 2.05. The minimum atomic E-state index is 0.787. The van der Waals surface area contributed by atoms with Crippen LogP contribution in [0.1, 0.15) is 5.56 Å². The standard InChI is InChI=1S/C14H13N3S/c1-9-2-4-11(5-3-9)18-14-7-13-10(6-12(14)15)8-16-17-13/h2-8H,15H2,1H3,(H,16,17). The number of H-pyrrole nitrogens is 1. The number of aryl methyl sites for hydroxylation is 1. The predicted octanol–water partition coefficient (Wildman–Crippen LogP) is 3.60. The summed E-state index contributed by atoms with van der Waals surface area (Å²) in [7, 11) is 0. The number of aromatic nitrogens is 2. The van der Waals surface area contributed by atoms with Gasteiger partial charge in [-0.3, -0.25) is 5.10 Å². The Labute approximate surface area is 109 Å². The third-order valence-corrected chi connectivity index (χ3v) is 3.90. The Balaban J connectivity index is 1.98. The summed E-state index contributed by atoms with van der Waals surface area (Å²) < 4.78 is 0. The molecular formula is C14H13N3S. The molecule has 3 N–H and O–H groups in total. The number of nitrogens with one attached hydrogen (secondary N) is 1. The molecule has 0 aliphatic heterocycles. The third-order valence-electron chi connectivity index (χ3n) is 2.82. The van der Waals surface area contributed by atoms with Crippen LogP contribution in [0.3, 0.4) is 0 Å². The number of rotatable bonds is 2. The molecule has 0 saturated heterocycles. The van der Waals surface area contributed by atoms with Gasteiger partial charge in [0.25, 0.3) is 0 Å². The fourth-order valence-electron chi connectivity index (χ4n) is 1.81. The van der Waals surface area contributed by atoms with Crippen LogP contribution in [0.5, 0.6) is 0 Å². The van der Waals surface area contributed by atoms with Crippen LogP contribution in [0.25, 0.3) is 10.9 Å². The second kappa shape index (κ2) is 4.38. The molecule has 0 aliphatic rings. The van der Waals surface area contributed by atoms with Crippen molar-refractivity contribution < 1.29 is 0 Å². The highest BCUT2D eigenvalue weighted by molar-refractivity contribution is 7.99. The topological polar surface area (TPSA) is 54.7 Å². The van der Waals surface area contributed by atoms with E-state index in [4.69, 9.17) is 5.73 Å². The van der Waals surface area contributed by atoms with E-state index < -0.39 is 0 Å².